The van der Waals surface area contributed by atoms with E-state index in [4.69, 9.17) is 0 Å². The normalized spacial score (nSPS) is 14.7. The summed E-state index contributed by atoms with van der Waals surface area (Å²) in [6.45, 7) is 0. The predicted molar refractivity (Wildman–Crippen MR) is 42.4 cm³/mol. The standard InChI is InChI=1S/C6H5NP.Sb/c7-5-3-1-2-4-6(5)8;/h1-4,7H;/q-1;+1. The Balaban J connectivity index is 2.63. The molecule has 44 valence electrons. The van der Waals surface area contributed by atoms with Gasteiger partial charge < -0.3 is 0 Å². The number of hydrogen-bond acceptors (Lipinski definition) is 1. The van der Waals surface area contributed by atoms with Gasteiger partial charge in [0.2, 0.25) is 0 Å². The van der Waals surface area contributed by atoms with E-state index in [9.17, 15) is 0 Å². The molecule has 1 aliphatic heterocycles. The first kappa shape index (κ1) is 5.89. The Morgan fingerprint density at radius 2 is 2.22 bits per heavy atom. The fourth-order valence-corrected chi connectivity index (χ4v) is 6.03. The van der Waals surface area contributed by atoms with Gasteiger partial charge in [-0.3, -0.25) is 0 Å². The van der Waals surface area contributed by atoms with Crippen LogP contribution in [0.25, 0.3) is 0 Å². The van der Waals surface area contributed by atoms with E-state index in [1.54, 1.807) is 5.69 Å². The van der Waals surface area contributed by atoms with Crippen molar-refractivity contribution in [2.45, 2.75) is 0 Å². The summed E-state index contributed by atoms with van der Waals surface area (Å²) in [4.78, 5) is 0. The fraction of sp³-hybridized carbons (Fsp3) is 0. The van der Waals surface area contributed by atoms with Gasteiger partial charge in [0.25, 0.3) is 0 Å². The molecule has 3 heteroatoms. The predicted octanol–water partition coefficient (Wildman–Crippen LogP) is 1.22. The molecule has 1 nitrogen and oxygen atoms in total. The molecule has 2 rings (SSSR count). The van der Waals surface area contributed by atoms with E-state index in [1.807, 2.05) is 0 Å². The van der Waals surface area contributed by atoms with E-state index in [1.165, 1.54) is 11.0 Å². The van der Waals surface area contributed by atoms with Crippen LogP contribution in [0, 0.1) is 0 Å². The van der Waals surface area contributed by atoms with Crippen LogP contribution < -0.4 is 8.78 Å². The second-order valence-corrected chi connectivity index (χ2v) is 6.77. The summed E-state index contributed by atoms with van der Waals surface area (Å²) in [5.41, 5.74) is 2.93. The summed E-state index contributed by atoms with van der Waals surface area (Å²) in [5, 5.41) is 1.49. The van der Waals surface area contributed by atoms with Crippen LogP contribution in [-0.2, 0) is 0 Å². The van der Waals surface area contributed by atoms with E-state index in [0.29, 0.717) is 0 Å². The average molecular weight is 244 g/mol. The Bertz CT molecular complexity index is 259. The van der Waals surface area contributed by atoms with Crippen LogP contribution in [-0.4, -0.2) is 20.8 Å². The van der Waals surface area contributed by atoms with Crippen LogP contribution in [0.3, 0.4) is 0 Å². The molecule has 0 spiro atoms. The van der Waals surface area contributed by atoms with Gasteiger partial charge >= 0.3 is 65.2 Å². The zero-order chi connectivity index (χ0) is 6.10. The third-order valence-electron chi connectivity index (χ3n) is 1.23. The molecule has 9 heavy (non-hydrogen) atoms. The first-order valence-corrected chi connectivity index (χ1v) is 8.27. The van der Waals surface area contributed by atoms with E-state index < -0.39 is 0 Å². The second-order valence-electron chi connectivity index (χ2n) is 1.83. The fourth-order valence-electron chi connectivity index (χ4n) is 0.788. The molecule has 0 aromatic heterocycles. The Kier molecular flexibility index (Phi) is 1.57. The van der Waals surface area contributed by atoms with Gasteiger partial charge in [-0.25, -0.2) is 0 Å². The zero-order valence-electron chi connectivity index (χ0n) is 4.70. The summed E-state index contributed by atoms with van der Waals surface area (Å²) in [5.74, 6) is 0. The maximum atomic E-state index is 3.44. The molecule has 0 unspecified atom stereocenters. The number of hydrogen-bond donors (Lipinski definition) is 1. The first-order valence-electron chi connectivity index (χ1n) is 2.72. The van der Waals surface area contributed by atoms with Crippen LogP contribution in [0.15, 0.2) is 24.3 Å². The molecule has 1 aromatic rings. The molecule has 1 heterocycles. The summed E-state index contributed by atoms with van der Waals surface area (Å²) in [7, 11) is 0. The van der Waals surface area contributed by atoms with Crippen molar-refractivity contribution in [1.82, 2.24) is 0 Å². The molecule has 0 saturated carbocycles. The molecule has 0 atom stereocenters. The maximum absolute atomic E-state index is 3.44. The third-order valence-corrected chi connectivity index (χ3v) is 6.28. The molecule has 0 saturated heterocycles. The number of nitrogens with one attached hydrogen (secondary N) is 1. The molecular formula is C6H5NPSb. The summed E-state index contributed by atoms with van der Waals surface area (Å²) in [6, 6.07) is 8.55. The Labute approximate surface area is 65.2 Å². The Hall–Kier alpha value is 0.138. The van der Waals surface area contributed by atoms with Gasteiger partial charge in [0.15, 0.2) is 0 Å². The van der Waals surface area contributed by atoms with Crippen molar-refractivity contribution in [3.05, 3.63) is 24.3 Å². The second kappa shape index (κ2) is 2.40. The van der Waals surface area contributed by atoms with Crippen molar-refractivity contribution in [1.29, 1.82) is 0 Å². The molecular weight excluding hydrogens is 239 g/mol. The number of benzene rings is 1. The molecule has 0 radical (unpaired) electrons. The summed E-state index contributed by atoms with van der Waals surface area (Å²) in [6.07, 6.45) is 0. The van der Waals surface area contributed by atoms with Gasteiger partial charge in [0.1, 0.15) is 0 Å². The van der Waals surface area contributed by atoms with Crippen molar-refractivity contribution in [2.24, 2.45) is 0 Å². The molecule has 1 N–H and O–H groups in total. The van der Waals surface area contributed by atoms with Gasteiger partial charge in [-0.15, -0.1) is 0 Å². The number of anilines is 1. The van der Waals surface area contributed by atoms with Crippen LogP contribution in [0.5, 0.6) is 0 Å². The Morgan fingerprint density at radius 1 is 1.33 bits per heavy atom. The zero-order valence-corrected chi connectivity index (χ0v) is 8.15. The van der Waals surface area contributed by atoms with Crippen LogP contribution in [0.1, 0.15) is 0 Å². The first-order chi connectivity index (χ1) is 4.47. The van der Waals surface area contributed by atoms with Crippen molar-refractivity contribution in [3.8, 4) is 0 Å². The molecule has 0 fully saturated rings. The minimum atomic E-state index is -0.0736. The molecule has 0 aliphatic carbocycles. The van der Waals surface area contributed by atoms with E-state index >= 15 is 0 Å². The van der Waals surface area contributed by atoms with Crippen LogP contribution >= 0.6 is 5.69 Å². The molecule has 1 aliphatic rings. The van der Waals surface area contributed by atoms with Gasteiger partial charge in [-0.05, 0) is 0 Å². The third kappa shape index (κ3) is 1.04. The van der Waals surface area contributed by atoms with Crippen LogP contribution in [0.4, 0.5) is 5.69 Å². The molecule has 0 bridgehead atoms. The monoisotopic (exact) mass is 243 g/mol. The van der Waals surface area contributed by atoms with Crippen molar-refractivity contribution >= 4 is 37.5 Å². The van der Waals surface area contributed by atoms with Crippen molar-refractivity contribution < 1.29 is 0 Å². The molecule has 0 amide bonds. The SMILES string of the molecule is c1ccc2c(c1)[NH][Sb]=[P]2. The number of fused-ring (bicyclic) bond motifs is 1. The number of para-hydroxylation sites is 1. The topological polar surface area (TPSA) is 12.0 Å². The number of rotatable bonds is 0. The van der Waals surface area contributed by atoms with Crippen molar-refractivity contribution in [3.63, 3.8) is 0 Å². The summed E-state index contributed by atoms with van der Waals surface area (Å²) < 4.78 is 3.44. The van der Waals surface area contributed by atoms with E-state index in [2.05, 4.69) is 27.7 Å². The van der Waals surface area contributed by atoms with Gasteiger partial charge in [0, 0.05) is 0 Å². The minimum absolute atomic E-state index is 0.0736. The van der Waals surface area contributed by atoms with Crippen LogP contribution in [0.2, 0.25) is 0 Å². The molecule has 1 aromatic carbocycles. The Morgan fingerprint density at radius 3 is 3.11 bits per heavy atom. The van der Waals surface area contributed by atoms with Gasteiger partial charge in [0.05, 0.1) is 0 Å². The summed E-state index contributed by atoms with van der Waals surface area (Å²) >= 11 is -0.0736. The van der Waals surface area contributed by atoms with E-state index in [0.717, 1.165) is 0 Å². The van der Waals surface area contributed by atoms with Gasteiger partial charge in [-0.1, -0.05) is 0 Å². The quantitative estimate of drug-likeness (QED) is 0.534. The average Bonchev–Trinajstić information content (AvgIpc) is 2.33. The van der Waals surface area contributed by atoms with Gasteiger partial charge in [-0.2, -0.15) is 0 Å². The van der Waals surface area contributed by atoms with Crippen molar-refractivity contribution in [2.75, 3.05) is 3.48 Å². The van der Waals surface area contributed by atoms with E-state index in [-0.39, 0.29) is 20.8 Å².